The van der Waals surface area contributed by atoms with Crippen LogP contribution in [0, 0.1) is 0 Å². The molecule has 2 N–H and O–H groups in total. The average Bonchev–Trinajstić information content (AvgIpc) is 2.62. The number of alkyl halides is 1. The fourth-order valence-electron chi connectivity index (χ4n) is 0.864. The van der Waals surface area contributed by atoms with Gasteiger partial charge in [0.25, 0.3) is 0 Å². The molecule has 0 aliphatic carbocycles. The van der Waals surface area contributed by atoms with Gasteiger partial charge in [-0.15, -0.1) is 0 Å². The van der Waals surface area contributed by atoms with Gasteiger partial charge < -0.3 is 15.2 Å². The molecular formula is C9H16INO4. The molecule has 1 aliphatic heterocycles. The molecule has 5 nitrogen and oxygen atoms in total. The third kappa shape index (κ3) is 8.46. The number of hydrogen-bond donors (Lipinski definition) is 2. The van der Waals surface area contributed by atoms with Crippen molar-refractivity contribution in [3.05, 3.63) is 0 Å². The summed E-state index contributed by atoms with van der Waals surface area (Å²) < 4.78 is 5.54. The summed E-state index contributed by atoms with van der Waals surface area (Å²) in [6.45, 7) is 2.55. The maximum Gasteiger partial charge on any atom is 0.407 e. The highest BCUT2D eigenvalue weighted by atomic mass is 127. The molecule has 1 amide bonds. The minimum Gasteiger partial charge on any atom is -0.481 e. The highest BCUT2D eigenvalue weighted by Gasteiger charge is 2.19. The van der Waals surface area contributed by atoms with Gasteiger partial charge in [0.05, 0.1) is 6.04 Å². The molecular weight excluding hydrogens is 313 g/mol. The SMILES string of the molecule is CCC1COC(=O)N1.O=C(O)CCCI. The first-order valence-corrected chi connectivity index (χ1v) is 6.33. The maximum atomic E-state index is 10.3. The predicted molar refractivity (Wildman–Crippen MR) is 64.3 cm³/mol. The van der Waals surface area contributed by atoms with E-state index in [1.807, 2.05) is 6.92 Å². The number of nitrogens with one attached hydrogen (secondary N) is 1. The van der Waals surface area contributed by atoms with E-state index in [-0.39, 0.29) is 12.1 Å². The van der Waals surface area contributed by atoms with E-state index in [1.165, 1.54) is 0 Å². The van der Waals surface area contributed by atoms with Crippen LogP contribution < -0.4 is 5.32 Å². The van der Waals surface area contributed by atoms with Crippen molar-refractivity contribution in [2.45, 2.75) is 32.2 Å². The van der Waals surface area contributed by atoms with Crippen LogP contribution >= 0.6 is 22.6 Å². The number of ether oxygens (including phenoxy) is 1. The van der Waals surface area contributed by atoms with E-state index >= 15 is 0 Å². The summed E-state index contributed by atoms with van der Waals surface area (Å²) in [4.78, 5) is 20.0. The smallest absolute Gasteiger partial charge is 0.407 e. The Morgan fingerprint density at radius 2 is 2.40 bits per heavy atom. The molecule has 6 heteroatoms. The number of cyclic esters (lactones) is 1. The summed E-state index contributed by atoms with van der Waals surface area (Å²) in [6.07, 6.45) is 1.77. The number of carboxylic acid groups (broad SMARTS) is 1. The number of carbonyl (C=O) groups excluding carboxylic acids is 1. The second-order valence-corrected chi connectivity index (χ2v) is 4.11. The lowest BCUT2D eigenvalue weighted by Crippen LogP contribution is -2.24. The van der Waals surface area contributed by atoms with E-state index in [4.69, 9.17) is 5.11 Å². The Morgan fingerprint density at radius 1 is 1.73 bits per heavy atom. The number of rotatable bonds is 4. The van der Waals surface area contributed by atoms with Gasteiger partial charge in [0.15, 0.2) is 0 Å². The van der Waals surface area contributed by atoms with Gasteiger partial charge in [-0.25, -0.2) is 4.79 Å². The van der Waals surface area contributed by atoms with Crippen LogP contribution in [0.15, 0.2) is 0 Å². The topological polar surface area (TPSA) is 75.6 Å². The van der Waals surface area contributed by atoms with Crippen molar-refractivity contribution in [1.82, 2.24) is 5.32 Å². The Morgan fingerprint density at radius 3 is 2.60 bits per heavy atom. The fraction of sp³-hybridized carbons (Fsp3) is 0.778. The quantitative estimate of drug-likeness (QED) is 0.609. The molecule has 0 radical (unpaired) electrons. The standard InChI is InChI=1S/C5H9NO2.C4H7IO2/c1-2-4-3-8-5(7)6-4;5-3-1-2-4(6)7/h4H,2-3H2,1H3,(H,6,7);1-3H2,(H,6,7). The van der Waals surface area contributed by atoms with E-state index in [2.05, 4.69) is 32.6 Å². The minimum absolute atomic E-state index is 0.252. The number of halogens is 1. The molecule has 0 spiro atoms. The van der Waals surface area contributed by atoms with Crippen molar-refractivity contribution in [3.8, 4) is 0 Å². The van der Waals surface area contributed by atoms with Gasteiger partial charge in [-0.3, -0.25) is 4.79 Å². The molecule has 0 aromatic heterocycles. The van der Waals surface area contributed by atoms with Gasteiger partial charge in [-0.05, 0) is 12.8 Å². The maximum absolute atomic E-state index is 10.3. The van der Waals surface area contributed by atoms with Crippen LogP contribution in [-0.2, 0) is 9.53 Å². The van der Waals surface area contributed by atoms with Gasteiger partial charge >= 0.3 is 12.1 Å². The van der Waals surface area contributed by atoms with Crippen molar-refractivity contribution in [2.24, 2.45) is 0 Å². The fourth-order valence-corrected chi connectivity index (χ4v) is 1.25. The number of alkyl carbamates (subject to hydrolysis) is 1. The monoisotopic (exact) mass is 329 g/mol. The van der Waals surface area contributed by atoms with Crippen molar-refractivity contribution >= 4 is 34.7 Å². The summed E-state index contributed by atoms with van der Waals surface area (Å²) in [5, 5.41) is 10.7. The first kappa shape index (κ1) is 14.5. The number of hydrogen-bond acceptors (Lipinski definition) is 3. The highest BCUT2D eigenvalue weighted by Crippen LogP contribution is 1.99. The molecule has 1 atom stereocenters. The number of carbonyl (C=O) groups is 2. The van der Waals surface area contributed by atoms with E-state index in [0.29, 0.717) is 13.0 Å². The molecule has 88 valence electrons. The number of carboxylic acids is 1. The van der Waals surface area contributed by atoms with Crippen molar-refractivity contribution in [1.29, 1.82) is 0 Å². The first-order chi connectivity index (χ1) is 7.10. The predicted octanol–water partition coefficient (Wildman–Crippen LogP) is 1.79. The highest BCUT2D eigenvalue weighted by molar-refractivity contribution is 14.1. The van der Waals surface area contributed by atoms with Crippen molar-refractivity contribution < 1.29 is 19.4 Å². The van der Waals surface area contributed by atoms with Gasteiger partial charge in [0.2, 0.25) is 0 Å². The molecule has 0 bridgehead atoms. The molecule has 1 aliphatic rings. The summed E-state index contributed by atoms with van der Waals surface area (Å²) in [5.74, 6) is -0.698. The Balaban J connectivity index is 0.000000265. The van der Waals surface area contributed by atoms with Crippen LogP contribution in [0.25, 0.3) is 0 Å². The van der Waals surface area contributed by atoms with E-state index in [1.54, 1.807) is 0 Å². The Hall–Kier alpha value is -0.530. The third-order valence-corrected chi connectivity index (χ3v) is 2.52. The summed E-state index contributed by atoms with van der Waals surface area (Å²) >= 11 is 2.16. The van der Waals surface area contributed by atoms with E-state index < -0.39 is 5.97 Å². The zero-order valence-corrected chi connectivity index (χ0v) is 10.8. The van der Waals surface area contributed by atoms with Crippen molar-refractivity contribution in [3.63, 3.8) is 0 Å². The molecule has 1 heterocycles. The minimum atomic E-state index is -0.698. The second kappa shape index (κ2) is 8.75. The Labute approximate surface area is 103 Å². The summed E-state index contributed by atoms with van der Waals surface area (Å²) in [7, 11) is 0. The van der Waals surface area contributed by atoms with Crippen LogP contribution in [0.5, 0.6) is 0 Å². The van der Waals surface area contributed by atoms with Gasteiger partial charge in [-0.1, -0.05) is 29.5 Å². The van der Waals surface area contributed by atoms with Gasteiger partial charge in [-0.2, -0.15) is 0 Å². The van der Waals surface area contributed by atoms with Crippen molar-refractivity contribution in [2.75, 3.05) is 11.0 Å². The lowest BCUT2D eigenvalue weighted by Gasteiger charge is -1.97. The molecule has 1 fully saturated rings. The zero-order valence-electron chi connectivity index (χ0n) is 8.66. The summed E-state index contributed by atoms with van der Waals surface area (Å²) in [5.41, 5.74) is 0. The molecule has 1 rings (SSSR count). The Bertz CT molecular complexity index is 210. The molecule has 1 unspecified atom stereocenters. The molecule has 15 heavy (non-hydrogen) atoms. The molecule has 0 aromatic rings. The third-order valence-electron chi connectivity index (χ3n) is 1.75. The van der Waals surface area contributed by atoms with E-state index in [0.717, 1.165) is 17.3 Å². The lowest BCUT2D eigenvalue weighted by molar-refractivity contribution is -0.137. The van der Waals surface area contributed by atoms with E-state index in [9.17, 15) is 9.59 Å². The van der Waals surface area contributed by atoms with Crippen LogP contribution in [0.1, 0.15) is 26.2 Å². The van der Waals surface area contributed by atoms with Crippen LogP contribution in [0.3, 0.4) is 0 Å². The molecule has 0 saturated carbocycles. The first-order valence-electron chi connectivity index (χ1n) is 4.81. The zero-order chi connectivity index (χ0) is 11.7. The molecule has 1 saturated heterocycles. The number of amides is 1. The Kier molecular flexibility index (Phi) is 8.44. The largest absolute Gasteiger partial charge is 0.481 e. The van der Waals surface area contributed by atoms with Crippen LogP contribution in [-0.4, -0.2) is 34.2 Å². The van der Waals surface area contributed by atoms with Gasteiger partial charge in [0, 0.05) is 10.8 Å². The van der Waals surface area contributed by atoms with Gasteiger partial charge in [0.1, 0.15) is 6.61 Å². The molecule has 0 aromatic carbocycles. The second-order valence-electron chi connectivity index (χ2n) is 3.03. The summed E-state index contributed by atoms with van der Waals surface area (Å²) in [6, 6.07) is 0.252. The van der Waals surface area contributed by atoms with Crippen LogP contribution in [0.2, 0.25) is 0 Å². The lowest BCUT2D eigenvalue weighted by atomic mass is 10.3. The normalized spacial score (nSPS) is 18.5. The average molecular weight is 329 g/mol. The number of aliphatic carboxylic acids is 1. The van der Waals surface area contributed by atoms with Crippen LogP contribution in [0.4, 0.5) is 4.79 Å².